The van der Waals surface area contributed by atoms with Crippen LogP contribution in [0.1, 0.15) is 5.76 Å². The van der Waals surface area contributed by atoms with Gasteiger partial charge in [-0.05, 0) is 30.3 Å². The number of rotatable bonds is 5. The third-order valence-electron chi connectivity index (χ3n) is 3.77. The number of furan rings is 1. The molecule has 0 unspecified atom stereocenters. The number of halogens is 2. The van der Waals surface area contributed by atoms with Gasteiger partial charge in [0, 0.05) is 13.1 Å². The Morgan fingerprint density at radius 3 is 2.38 bits per heavy atom. The first kappa shape index (κ1) is 17.1. The molecule has 6 nitrogen and oxygen atoms in total. The van der Waals surface area contributed by atoms with Crippen molar-refractivity contribution in [3.63, 3.8) is 0 Å². The first-order chi connectivity index (χ1) is 11.2. The van der Waals surface area contributed by atoms with Crippen LogP contribution in [-0.2, 0) is 25.6 Å². The summed E-state index contributed by atoms with van der Waals surface area (Å²) >= 11 is 0. The highest BCUT2D eigenvalue weighted by Crippen LogP contribution is 2.27. The standard InChI is InChI=1S/C14H13F2NO5S2/c15-13-4-3-11(6-14(13)16)24(20,21)17-7-12(8-17)23(18,19)9-10-2-1-5-22-10/h1-6,12H,7-9H2. The summed E-state index contributed by atoms with van der Waals surface area (Å²) in [6.07, 6.45) is 1.35. The van der Waals surface area contributed by atoms with Crippen LogP contribution in [0.25, 0.3) is 0 Å². The number of sulfonamides is 1. The van der Waals surface area contributed by atoms with E-state index in [4.69, 9.17) is 4.42 Å². The van der Waals surface area contributed by atoms with Crippen LogP contribution in [0.5, 0.6) is 0 Å². The molecule has 0 radical (unpaired) electrons. The van der Waals surface area contributed by atoms with E-state index in [1.165, 1.54) is 12.3 Å². The normalized spacial score (nSPS) is 16.9. The third kappa shape index (κ3) is 3.08. The van der Waals surface area contributed by atoms with E-state index in [9.17, 15) is 25.6 Å². The largest absolute Gasteiger partial charge is 0.468 e. The number of benzene rings is 1. The number of hydrogen-bond donors (Lipinski definition) is 0. The van der Waals surface area contributed by atoms with E-state index in [2.05, 4.69) is 0 Å². The smallest absolute Gasteiger partial charge is 0.243 e. The van der Waals surface area contributed by atoms with Gasteiger partial charge >= 0.3 is 0 Å². The second-order valence-corrected chi connectivity index (χ2v) is 9.63. The van der Waals surface area contributed by atoms with Crippen LogP contribution < -0.4 is 0 Å². The lowest BCUT2D eigenvalue weighted by Crippen LogP contribution is -2.56. The van der Waals surface area contributed by atoms with Crippen LogP contribution >= 0.6 is 0 Å². The highest BCUT2D eigenvalue weighted by molar-refractivity contribution is 7.92. The summed E-state index contributed by atoms with van der Waals surface area (Å²) in [5.74, 6) is -2.48. The Hall–Kier alpha value is -1.78. The lowest BCUT2D eigenvalue weighted by Gasteiger charge is -2.37. The van der Waals surface area contributed by atoms with Crippen molar-refractivity contribution in [3.05, 3.63) is 54.0 Å². The maximum Gasteiger partial charge on any atom is 0.243 e. The molecular weight excluding hydrogens is 364 g/mol. The Balaban J connectivity index is 1.72. The molecule has 0 N–H and O–H groups in total. The zero-order chi connectivity index (χ0) is 17.5. The lowest BCUT2D eigenvalue weighted by molar-refractivity contribution is 0.309. The summed E-state index contributed by atoms with van der Waals surface area (Å²) in [7, 11) is -7.63. The minimum atomic E-state index is -4.06. The quantitative estimate of drug-likeness (QED) is 0.789. The van der Waals surface area contributed by atoms with Crippen LogP contribution in [-0.4, -0.2) is 39.5 Å². The van der Waals surface area contributed by atoms with Gasteiger partial charge in [-0.1, -0.05) is 0 Å². The van der Waals surface area contributed by atoms with Crippen molar-refractivity contribution in [2.45, 2.75) is 15.9 Å². The predicted octanol–water partition coefficient (Wildman–Crippen LogP) is 1.55. The molecule has 0 saturated carbocycles. The topological polar surface area (TPSA) is 84.7 Å². The summed E-state index contributed by atoms with van der Waals surface area (Å²) in [6, 6.07) is 5.32. The van der Waals surface area contributed by atoms with Gasteiger partial charge in [-0.3, -0.25) is 0 Å². The summed E-state index contributed by atoms with van der Waals surface area (Å²) in [4.78, 5) is -0.414. The molecule has 2 aromatic rings. The third-order valence-corrected chi connectivity index (χ3v) is 7.60. The van der Waals surface area contributed by atoms with Gasteiger partial charge in [0.25, 0.3) is 0 Å². The fourth-order valence-corrected chi connectivity index (χ4v) is 5.66. The molecule has 1 saturated heterocycles. The Morgan fingerprint density at radius 1 is 1.08 bits per heavy atom. The van der Waals surface area contributed by atoms with Gasteiger partial charge in [0.1, 0.15) is 11.5 Å². The van der Waals surface area contributed by atoms with Gasteiger partial charge in [-0.15, -0.1) is 0 Å². The maximum atomic E-state index is 13.2. The van der Waals surface area contributed by atoms with Gasteiger partial charge in [0.05, 0.1) is 16.4 Å². The first-order valence-corrected chi connectivity index (χ1v) is 10.0. The fourth-order valence-electron chi connectivity index (χ4n) is 2.32. The molecule has 1 aromatic carbocycles. The van der Waals surface area contributed by atoms with E-state index in [0.717, 1.165) is 10.4 Å². The fraction of sp³-hybridized carbons (Fsp3) is 0.286. The summed E-state index contributed by atoms with van der Waals surface area (Å²) < 4.78 is 81.0. The average Bonchev–Trinajstić information content (AvgIpc) is 2.91. The molecule has 0 aliphatic carbocycles. The van der Waals surface area contributed by atoms with Crippen molar-refractivity contribution in [1.29, 1.82) is 0 Å². The minimum Gasteiger partial charge on any atom is -0.468 e. The van der Waals surface area contributed by atoms with Gasteiger partial charge in [-0.25, -0.2) is 25.6 Å². The van der Waals surface area contributed by atoms with Crippen molar-refractivity contribution in [3.8, 4) is 0 Å². The maximum absolute atomic E-state index is 13.2. The molecule has 1 aromatic heterocycles. The molecule has 1 aliphatic rings. The molecule has 10 heteroatoms. The van der Waals surface area contributed by atoms with Crippen molar-refractivity contribution < 1.29 is 30.0 Å². The molecule has 1 aliphatic heterocycles. The minimum absolute atomic E-state index is 0.232. The van der Waals surface area contributed by atoms with Crippen LogP contribution in [0.4, 0.5) is 8.78 Å². The predicted molar refractivity (Wildman–Crippen MR) is 80.2 cm³/mol. The number of sulfone groups is 1. The zero-order valence-electron chi connectivity index (χ0n) is 12.2. The second kappa shape index (κ2) is 5.94. The highest BCUT2D eigenvalue weighted by Gasteiger charge is 2.43. The first-order valence-electron chi connectivity index (χ1n) is 6.89. The molecule has 0 amide bonds. The van der Waals surface area contributed by atoms with Crippen molar-refractivity contribution in [2.75, 3.05) is 13.1 Å². The van der Waals surface area contributed by atoms with Gasteiger partial charge in [-0.2, -0.15) is 4.31 Å². The van der Waals surface area contributed by atoms with Crippen LogP contribution in [0.15, 0.2) is 45.9 Å². The zero-order valence-corrected chi connectivity index (χ0v) is 13.9. The Labute approximate surface area is 137 Å². The van der Waals surface area contributed by atoms with E-state index in [-0.39, 0.29) is 24.6 Å². The molecule has 0 atom stereocenters. The van der Waals surface area contributed by atoms with Crippen molar-refractivity contribution in [1.82, 2.24) is 4.31 Å². The molecule has 24 heavy (non-hydrogen) atoms. The van der Waals surface area contributed by atoms with E-state index in [1.807, 2.05) is 0 Å². The molecule has 130 valence electrons. The Kier molecular flexibility index (Phi) is 4.22. The van der Waals surface area contributed by atoms with E-state index in [0.29, 0.717) is 12.1 Å². The van der Waals surface area contributed by atoms with Crippen LogP contribution in [0.2, 0.25) is 0 Å². The molecular formula is C14H13F2NO5S2. The van der Waals surface area contributed by atoms with Gasteiger partial charge in [0.15, 0.2) is 21.5 Å². The van der Waals surface area contributed by atoms with Crippen molar-refractivity contribution >= 4 is 19.9 Å². The van der Waals surface area contributed by atoms with Gasteiger partial charge in [0.2, 0.25) is 10.0 Å². The summed E-state index contributed by atoms with van der Waals surface area (Å²) in [6.45, 7) is -0.464. The number of hydrogen-bond acceptors (Lipinski definition) is 5. The van der Waals surface area contributed by atoms with Crippen LogP contribution in [0.3, 0.4) is 0 Å². The summed E-state index contributed by atoms with van der Waals surface area (Å²) in [5.41, 5.74) is 0. The molecule has 2 heterocycles. The van der Waals surface area contributed by atoms with E-state index in [1.54, 1.807) is 6.07 Å². The second-order valence-electron chi connectivity index (χ2n) is 5.41. The molecule has 0 bridgehead atoms. The van der Waals surface area contributed by atoms with Crippen molar-refractivity contribution in [2.24, 2.45) is 0 Å². The Morgan fingerprint density at radius 2 is 1.79 bits per heavy atom. The highest BCUT2D eigenvalue weighted by atomic mass is 32.2. The average molecular weight is 377 g/mol. The van der Waals surface area contributed by atoms with E-state index >= 15 is 0 Å². The molecule has 3 rings (SSSR count). The van der Waals surface area contributed by atoms with Gasteiger partial charge < -0.3 is 4.42 Å². The summed E-state index contributed by atoms with van der Waals surface area (Å²) in [5, 5.41) is -0.859. The molecule has 1 fully saturated rings. The monoisotopic (exact) mass is 377 g/mol. The lowest BCUT2D eigenvalue weighted by atomic mass is 10.3. The SMILES string of the molecule is O=S(=O)(Cc1ccco1)C1CN(S(=O)(=O)c2ccc(F)c(F)c2)C1. The number of nitrogens with zero attached hydrogens (tertiary/aromatic N) is 1. The van der Waals surface area contributed by atoms with Crippen LogP contribution in [0, 0.1) is 11.6 Å². The molecule has 0 spiro atoms. The van der Waals surface area contributed by atoms with E-state index < -0.39 is 41.6 Å². The Bertz CT molecular complexity index is 949.